The fourth-order valence-electron chi connectivity index (χ4n) is 1.49. The van der Waals surface area contributed by atoms with E-state index in [2.05, 4.69) is 26.5 Å². The highest BCUT2D eigenvalue weighted by Gasteiger charge is 1.99. The maximum atomic E-state index is 5.27. The minimum atomic E-state index is 0.646. The number of nitrogens with zero attached hydrogens (tertiary/aromatic N) is 1. The normalized spacial score (nSPS) is 10.8. The van der Waals surface area contributed by atoms with Gasteiger partial charge in [-0.3, -0.25) is 0 Å². The van der Waals surface area contributed by atoms with E-state index in [1.54, 1.807) is 18.4 Å². The first-order chi connectivity index (χ1) is 8.79. The number of para-hydroxylation sites is 1. The van der Waals surface area contributed by atoms with Gasteiger partial charge in [0.15, 0.2) is 0 Å². The number of benzene rings is 1. The molecular weight excluding hydrogens is 312 g/mol. The number of nitrogens with one attached hydrogen (secondary N) is 1. The van der Waals surface area contributed by atoms with Crippen molar-refractivity contribution in [1.82, 2.24) is 5.43 Å². The third kappa shape index (κ3) is 3.58. The molecule has 0 aliphatic heterocycles. The van der Waals surface area contributed by atoms with Crippen LogP contribution in [0.3, 0.4) is 0 Å². The molecule has 0 aliphatic carbocycles. The predicted octanol–water partition coefficient (Wildman–Crippen LogP) is 3.64. The minimum Gasteiger partial charge on any atom is -0.496 e. The van der Waals surface area contributed by atoms with Crippen LogP contribution in [0, 0.1) is 0 Å². The molecule has 0 bridgehead atoms. The number of hydrogen-bond donors (Lipinski definition) is 1. The van der Waals surface area contributed by atoms with Gasteiger partial charge >= 0.3 is 0 Å². The molecule has 0 aliphatic rings. The Balaban J connectivity index is 1.90. The summed E-state index contributed by atoms with van der Waals surface area (Å²) in [5, 5.41) is 4.18. The van der Waals surface area contributed by atoms with Crippen molar-refractivity contribution in [2.24, 2.45) is 5.10 Å². The van der Waals surface area contributed by atoms with E-state index in [-0.39, 0.29) is 0 Å². The summed E-state index contributed by atoms with van der Waals surface area (Å²) in [5.41, 5.74) is 4.10. The van der Waals surface area contributed by atoms with Crippen LogP contribution in [0.25, 0.3) is 0 Å². The van der Waals surface area contributed by atoms with Gasteiger partial charge in [-0.25, -0.2) is 0 Å². The van der Waals surface area contributed by atoms with Gasteiger partial charge in [0.25, 0.3) is 0 Å². The van der Waals surface area contributed by atoms with Crippen LogP contribution in [0.4, 0.5) is 0 Å². The molecule has 0 saturated carbocycles. The molecule has 0 unspecified atom stereocenters. The number of rotatable bonds is 5. The molecule has 1 aromatic heterocycles. The SMILES string of the molecule is COc1ccccc1CN/N=C\c1ccc(Br)s1. The molecule has 1 heterocycles. The van der Waals surface area contributed by atoms with Crippen molar-refractivity contribution in [2.45, 2.75) is 6.54 Å². The van der Waals surface area contributed by atoms with Gasteiger partial charge in [-0.05, 0) is 34.1 Å². The predicted molar refractivity (Wildman–Crippen MR) is 79.4 cm³/mol. The van der Waals surface area contributed by atoms with Gasteiger partial charge in [0.1, 0.15) is 5.75 Å². The Morgan fingerprint density at radius 3 is 2.89 bits per heavy atom. The number of ether oxygens (including phenoxy) is 1. The van der Waals surface area contributed by atoms with Crippen molar-refractivity contribution in [2.75, 3.05) is 7.11 Å². The summed E-state index contributed by atoms with van der Waals surface area (Å²) in [6.45, 7) is 0.646. The smallest absolute Gasteiger partial charge is 0.123 e. The molecule has 0 radical (unpaired) electrons. The van der Waals surface area contributed by atoms with Gasteiger partial charge in [0.05, 0.1) is 23.7 Å². The van der Waals surface area contributed by atoms with Crippen molar-refractivity contribution >= 4 is 33.5 Å². The number of hydrogen-bond acceptors (Lipinski definition) is 4. The highest BCUT2D eigenvalue weighted by molar-refractivity contribution is 9.11. The van der Waals surface area contributed by atoms with E-state index < -0.39 is 0 Å². The average molecular weight is 325 g/mol. The Morgan fingerprint density at radius 2 is 2.17 bits per heavy atom. The molecule has 18 heavy (non-hydrogen) atoms. The number of halogens is 1. The van der Waals surface area contributed by atoms with Crippen molar-refractivity contribution < 1.29 is 4.74 Å². The highest BCUT2D eigenvalue weighted by Crippen LogP contribution is 2.20. The second-order valence-electron chi connectivity index (χ2n) is 3.55. The molecule has 0 atom stereocenters. The number of thiophene rings is 1. The van der Waals surface area contributed by atoms with E-state index in [4.69, 9.17) is 4.74 Å². The quantitative estimate of drug-likeness (QED) is 0.673. The van der Waals surface area contributed by atoms with Crippen LogP contribution in [-0.4, -0.2) is 13.3 Å². The summed E-state index contributed by atoms with van der Waals surface area (Å²) in [6.07, 6.45) is 1.81. The first kappa shape index (κ1) is 13.1. The van der Waals surface area contributed by atoms with E-state index in [9.17, 15) is 0 Å². The second kappa shape index (κ2) is 6.56. The Morgan fingerprint density at radius 1 is 1.33 bits per heavy atom. The lowest BCUT2D eigenvalue weighted by Crippen LogP contribution is -2.06. The van der Waals surface area contributed by atoms with Crippen molar-refractivity contribution in [1.29, 1.82) is 0 Å². The number of hydrazone groups is 1. The minimum absolute atomic E-state index is 0.646. The van der Waals surface area contributed by atoms with E-state index in [0.717, 1.165) is 20.0 Å². The highest BCUT2D eigenvalue weighted by atomic mass is 79.9. The maximum absolute atomic E-state index is 5.27. The van der Waals surface area contributed by atoms with E-state index in [1.165, 1.54) is 0 Å². The Labute approximate surface area is 119 Å². The van der Waals surface area contributed by atoms with Crippen LogP contribution in [0.5, 0.6) is 5.75 Å². The van der Waals surface area contributed by atoms with Crippen molar-refractivity contribution in [3.05, 3.63) is 50.6 Å². The molecule has 1 aromatic carbocycles. The second-order valence-corrected chi connectivity index (χ2v) is 6.04. The summed E-state index contributed by atoms with van der Waals surface area (Å²) >= 11 is 5.06. The molecule has 0 amide bonds. The fourth-order valence-corrected chi connectivity index (χ4v) is 2.78. The van der Waals surface area contributed by atoms with Gasteiger partial charge in [0, 0.05) is 10.4 Å². The summed E-state index contributed by atoms with van der Waals surface area (Å²) < 4.78 is 6.37. The van der Waals surface area contributed by atoms with Gasteiger partial charge in [-0.2, -0.15) is 5.10 Å². The van der Waals surface area contributed by atoms with Crippen molar-refractivity contribution in [3.63, 3.8) is 0 Å². The van der Waals surface area contributed by atoms with Gasteiger partial charge in [-0.1, -0.05) is 18.2 Å². The zero-order valence-electron chi connectivity index (χ0n) is 9.89. The van der Waals surface area contributed by atoms with Crippen LogP contribution >= 0.6 is 27.3 Å². The topological polar surface area (TPSA) is 33.6 Å². The summed E-state index contributed by atoms with van der Waals surface area (Å²) in [7, 11) is 1.67. The zero-order chi connectivity index (χ0) is 12.8. The lowest BCUT2D eigenvalue weighted by Gasteiger charge is -2.06. The molecule has 1 N–H and O–H groups in total. The van der Waals surface area contributed by atoms with Crippen LogP contribution in [-0.2, 0) is 6.54 Å². The van der Waals surface area contributed by atoms with Crippen LogP contribution in [0.1, 0.15) is 10.4 Å². The molecule has 2 aromatic rings. The third-order valence-electron chi connectivity index (χ3n) is 2.34. The molecule has 94 valence electrons. The molecule has 2 rings (SSSR count). The number of methoxy groups -OCH3 is 1. The fraction of sp³-hybridized carbons (Fsp3) is 0.154. The Kier molecular flexibility index (Phi) is 4.78. The molecular formula is C13H13BrN2OS. The lowest BCUT2D eigenvalue weighted by molar-refractivity contribution is 0.408. The summed E-state index contributed by atoms with van der Waals surface area (Å²) in [4.78, 5) is 1.11. The van der Waals surface area contributed by atoms with Crippen LogP contribution in [0.15, 0.2) is 45.3 Å². The Hall–Kier alpha value is -1.33. The van der Waals surface area contributed by atoms with E-state index >= 15 is 0 Å². The molecule has 5 heteroatoms. The summed E-state index contributed by atoms with van der Waals surface area (Å²) in [5.74, 6) is 0.874. The third-order valence-corrected chi connectivity index (χ3v) is 3.90. The molecule has 0 fully saturated rings. The zero-order valence-corrected chi connectivity index (χ0v) is 12.3. The van der Waals surface area contributed by atoms with Crippen molar-refractivity contribution in [3.8, 4) is 5.75 Å². The maximum Gasteiger partial charge on any atom is 0.123 e. The van der Waals surface area contributed by atoms with Gasteiger partial charge in [0.2, 0.25) is 0 Å². The van der Waals surface area contributed by atoms with E-state index in [0.29, 0.717) is 6.54 Å². The molecule has 3 nitrogen and oxygen atoms in total. The van der Waals surface area contributed by atoms with Gasteiger partial charge < -0.3 is 10.2 Å². The van der Waals surface area contributed by atoms with Crippen LogP contribution in [0.2, 0.25) is 0 Å². The average Bonchev–Trinajstić information content (AvgIpc) is 2.81. The lowest BCUT2D eigenvalue weighted by atomic mass is 10.2. The monoisotopic (exact) mass is 324 g/mol. The first-order valence-electron chi connectivity index (χ1n) is 5.43. The standard InChI is InChI=1S/C13H13BrN2OS/c1-17-12-5-3-2-4-10(12)8-15-16-9-11-6-7-13(14)18-11/h2-7,9,15H,8H2,1H3/b16-9-. The molecule has 0 saturated heterocycles. The molecule has 0 spiro atoms. The first-order valence-corrected chi connectivity index (χ1v) is 7.03. The Bertz CT molecular complexity index is 539. The summed E-state index contributed by atoms with van der Waals surface area (Å²) in [6, 6.07) is 11.9. The van der Waals surface area contributed by atoms with Gasteiger partial charge in [-0.15, -0.1) is 11.3 Å². The largest absolute Gasteiger partial charge is 0.496 e. The van der Waals surface area contributed by atoms with E-state index in [1.807, 2.05) is 42.6 Å². The van der Waals surface area contributed by atoms with Crippen LogP contribution < -0.4 is 10.2 Å².